The van der Waals surface area contributed by atoms with Crippen LogP contribution in [0.25, 0.3) is 0 Å². The third kappa shape index (κ3) is 7.47. The van der Waals surface area contributed by atoms with Crippen molar-refractivity contribution >= 4 is 30.0 Å². The van der Waals surface area contributed by atoms with E-state index in [0.29, 0.717) is 37.7 Å². The largest absolute Gasteiger partial charge is 0.481 e. The van der Waals surface area contributed by atoms with Gasteiger partial charge in [0, 0.05) is 31.9 Å². The second-order valence-corrected chi connectivity index (χ2v) is 7.51. The van der Waals surface area contributed by atoms with E-state index >= 15 is 0 Å². The lowest BCUT2D eigenvalue weighted by molar-refractivity contribution is -0.136. The number of carbonyl (C=O) groups is 3. The number of aliphatic carboxylic acids is 1. The summed E-state index contributed by atoms with van der Waals surface area (Å²) in [5.74, 6) is 0.852. The summed E-state index contributed by atoms with van der Waals surface area (Å²) in [4.78, 5) is 35.8. The Morgan fingerprint density at radius 3 is 2.31 bits per heavy atom. The minimum atomic E-state index is -0.843. The fraction of sp³-hybridized carbons (Fsp3) is 0.526. The highest BCUT2D eigenvalue weighted by atomic mass is 32.2. The summed E-state index contributed by atoms with van der Waals surface area (Å²) in [5.41, 5.74) is 1.53. The van der Waals surface area contributed by atoms with Crippen LogP contribution >= 0.6 is 11.8 Å². The van der Waals surface area contributed by atoms with E-state index in [9.17, 15) is 14.4 Å². The zero-order valence-electron chi connectivity index (χ0n) is 14.9. The molecule has 1 aliphatic carbocycles. The summed E-state index contributed by atoms with van der Waals surface area (Å²) in [6.07, 6.45) is 3.69. The minimum absolute atomic E-state index is 0.0194. The molecule has 1 aromatic rings. The van der Waals surface area contributed by atoms with Gasteiger partial charge in [-0.3, -0.25) is 14.4 Å². The minimum Gasteiger partial charge on any atom is -0.481 e. The Morgan fingerprint density at radius 2 is 1.77 bits per heavy atom. The Hall–Kier alpha value is -2.02. The van der Waals surface area contributed by atoms with Crippen LogP contribution in [-0.4, -0.2) is 70.9 Å². The topological polar surface area (TPSA) is 77.9 Å². The summed E-state index contributed by atoms with van der Waals surface area (Å²) in [5, 5.41) is 8.44. The molecule has 1 N–H and O–H groups in total. The van der Waals surface area contributed by atoms with Crippen LogP contribution in [0.1, 0.15) is 30.7 Å². The van der Waals surface area contributed by atoms with Crippen LogP contribution < -0.4 is 0 Å². The Morgan fingerprint density at radius 1 is 1.12 bits per heavy atom. The number of benzene rings is 1. The smallest absolute Gasteiger partial charge is 0.304 e. The number of carboxylic acid groups (broad SMARTS) is 1. The van der Waals surface area contributed by atoms with Crippen molar-refractivity contribution in [2.45, 2.75) is 25.2 Å². The van der Waals surface area contributed by atoms with Gasteiger partial charge in [-0.1, -0.05) is 30.3 Å². The Bertz CT molecular complexity index is 584. The van der Waals surface area contributed by atoms with E-state index in [1.807, 2.05) is 0 Å². The van der Waals surface area contributed by atoms with Gasteiger partial charge in [-0.2, -0.15) is 11.8 Å². The summed E-state index contributed by atoms with van der Waals surface area (Å²) in [7, 11) is 0. The van der Waals surface area contributed by atoms with Crippen molar-refractivity contribution in [2.75, 3.05) is 37.7 Å². The van der Waals surface area contributed by atoms with E-state index in [0.717, 1.165) is 12.3 Å². The third-order valence-corrected chi connectivity index (χ3v) is 5.29. The average Bonchev–Trinajstić information content (AvgIpc) is 3.51. The van der Waals surface area contributed by atoms with Crippen molar-refractivity contribution in [2.24, 2.45) is 0 Å². The highest BCUT2D eigenvalue weighted by Gasteiger charge is 2.22. The molecule has 3 rings (SSSR count). The number of amides is 2. The SMILES string of the molecule is O=CN1CCN(C(=O)CSCCC(=O)O)CC1.c1ccc(C2CC2)cc1. The standard InChI is InChI=1S/C10H16N2O4S.C9H10/c13-8-11-2-4-12(5-3-11)9(14)7-17-6-1-10(15)16;1-2-4-8(5-3-1)9-6-7-9/h8H,1-7H2,(H,15,16);1-5,9H,6-7H2. The molecule has 0 radical (unpaired) electrons. The Labute approximate surface area is 158 Å². The molecule has 1 saturated heterocycles. The summed E-state index contributed by atoms with van der Waals surface area (Å²) in [6, 6.07) is 10.8. The van der Waals surface area contributed by atoms with E-state index < -0.39 is 5.97 Å². The van der Waals surface area contributed by atoms with E-state index in [2.05, 4.69) is 30.3 Å². The molecule has 142 valence electrons. The van der Waals surface area contributed by atoms with Crippen LogP contribution in [0.5, 0.6) is 0 Å². The quantitative estimate of drug-likeness (QED) is 0.580. The highest BCUT2D eigenvalue weighted by molar-refractivity contribution is 7.99. The van der Waals surface area contributed by atoms with Crippen molar-refractivity contribution in [3.8, 4) is 0 Å². The van der Waals surface area contributed by atoms with Crippen LogP contribution in [0.3, 0.4) is 0 Å². The van der Waals surface area contributed by atoms with E-state index in [4.69, 9.17) is 5.11 Å². The Kier molecular flexibility index (Phi) is 8.47. The normalized spacial score (nSPS) is 16.5. The molecule has 0 aromatic heterocycles. The summed E-state index contributed by atoms with van der Waals surface area (Å²) < 4.78 is 0. The lowest BCUT2D eigenvalue weighted by Crippen LogP contribution is -2.48. The molecular weight excluding hydrogens is 352 g/mol. The van der Waals surface area contributed by atoms with Crippen molar-refractivity contribution in [1.29, 1.82) is 0 Å². The number of thioether (sulfide) groups is 1. The number of carboxylic acids is 1. The van der Waals surface area contributed by atoms with Gasteiger partial charge in [0.1, 0.15) is 0 Å². The molecule has 0 unspecified atom stereocenters. The monoisotopic (exact) mass is 378 g/mol. The lowest BCUT2D eigenvalue weighted by atomic mass is 10.1. The van der Waals surface area contributed by atoms with Gasteiger partial charge < -0.3 is 14.9 Å². The number of hydrogen-bond acceptors (Lipinski definition) is 4. The van der Waals surface area contributed by atoms with Gasteiger partial charge in [0.2, 0.25) is 12.3 Å². The van der Waals surface area contributed by atoms with Crippen molar-refractivity contribution in [1.82, 2.24) is 9.80 Å². The van der Waals surface area contributed by atoms with Crippen LogP contribution in [-0.2, 0) is 14.4 Å². The van der Waals surface area contributed by atoms with Crippen molar-refractivity contribution in [3.63, 3.8) is 0 Å². The van der Waals surface area contributed by atoms with Crippen molar-refractivity contribution in [3.05, 3.63) is 35.9 Å². The zero-order valence-corrected chi connectivity index (χ0v) is 15.7. The molecule has 0 spiro atoms. The molecule has 2 fully saturated rings. The molecule has 26 heavy (non-hydrogen) atoms. The second kappa shape index (κ2) is 10.9. The molecular formula is C19H26N2O4S. The predicted molar refractivity (Wildman–Crippen MR) is 102 cm³/mol. The van der Waals surface area contributed by atoms with Gasteiger partial charge in [0.15, 0.2) is 0 Å². The van der Waals surface area contributed by atoms with E-state index in [-0.39, 0.29) is 12.3 Å². The summed E-state index contributed by atoms with van der Waals surface area (Å²) in [6.45, 7) is 2.29. The van der Waals surface area contributed by atoms with E-state index in [1.165, 1.54) is 30.2 Å². The fourth-order valence-corrected chi connectivity index (χ4v) is 3.45. The maximum Gasteiger partial charge on any atom is 0.304 e. The number of rotatable bonds is 7. The number of hydrogen-bond donors (Lipinski definition) is 1. The lowest BCUT2D eigenvalue weighted by Gasteiger charge is -2.32. The molecule has 0 atom stereocenters. The Balaban J connectivity index is 0.000000223. The maximum atomic E-state index is 11.7. The maximum absolute atomic E-state index is 11.7. The van der Waals surface area contributed by atoms with Crippen molar-refractivity contribution < 1.29 is 19.5 Å². The van der Waals surface area contributed by atoms with Gasteiger partial charge in [-0.05, 0) is 24.3 Å². The van der Waals surface area contributed by atoms with E-state index in [1.54, 1.807) is 9.80 Å². The first-order valence-electron chi connectivity index (χ1n) is 8.91. The highest BCUT2D eigenvalue weighted by Crippen LogP contribution is 2.39. The van der Waals surface area contributed by atoms with Crippen LogP contribution in [0, 0.1) is 0 Å². The van der Waals surface area contributed by atoms with Gasteiger partial charge in [-0.15, -0.1) is 0 Å². The first-order valence-corrected chi connectivity index (χ1v) is 10.1. The molecule has 6 nitrogen and oxygen atoms in total. The number of nitrogens with zero attached hydrogens (tertiary/aromatic N) is 2. The third-order valence-electron chi connectivity index (χ3n) is 4.35. The predicted octanol–water partition coefficient (Wildman–Crippen LogP) is 2.06. The average molecular weight is 378 g/mol. The first-order chi connectivity index (χ1) is 12.6. The zero-order chi connectivity index (χ0) is 18.8. The van der Waals surface area contributed by atoms with Crippen LogP contribution in [0.4, 0.5) is 0 Å². The molecule has 1 aromatic carbocycles. The first kappa shape index (κ1) is 20.3. The number of carbonyl (C=O) groups excluding carboxylic acids is 2. The van der Waals surface area contributed by atoms with Crippen LogP contribution in [0.2, 0.25) is 0 Å². The molecule has 1 heterocycles. The molecule has 2 aliphatic rings. The molecule has 2 amide bonds. The second-order valence-electron chi connectivity index (χ2n) is 6.40. The molecule has 1 saturated carbocycles. The number of piperazine rings is 1. The fourth-order valence-electron chi connectivity index (χ4n) is 2.63. The van der Waals surface area contributed by atoms with Gasteiger partial charge in [-0.25, -0.2) is 0 Å². The van der Waals surface area contributed by atoms with Gasteiger partial charge in [0.25, 0.3) is 0 Å². The molecule has 0 bridgehead atoms. The van der Waals surface area contributed by atoms with Gasteiger partial charge in [0.05, 0.1) is 12.2 Å². The molecule has 1 aliphatic heterocycles. The van der Waals surface area contributed by atoms with Gasteiger partial charge >= 0.3 is 5.97 Å². The summed E-state index contributed by atoms with van der Waals surface area (Å²) >= 11 is 1.33. The molecule has 7 heteroatoms. The van der Waals surface area contributed by atoms with Crippen LogP contribution in [0.15, 0.2) is 30.3 Å².